The molecule has 0 aromatic rings. The largest absolute Gasteiger partial charge is 0.369 e. The maximum atomic E-state index is 12.0. The summed E-state index contributed by atoms with van der Waals surface area (Å²) >= 11 is 0. The third kappa shape index (κ3) is 0.627. The number of hydrazine groups is 1. The van der Waals surface area contributed by atoms with Crippen LogP contribution in [0.5, 0.6) is 0 Å². The van der Waals surface area contributed by atoms with Crippen molar-refractivity contribution < 1.29 is 14.3 Å². The molecule has 8 atom stereocenters. The summed E-state index contributed by atoms with van der Waals surface area (Å²) in [7, 11) is 0. The SMILES string of the molecule is NN1C(=O)[C@H]2[C@H](C1=O)[C@H]1[C@H]3C[C@H]3[C@H]2[C@H]2O[C@@H]21. The van der Waals surface area contributed by atoms with Gasteiger partial charge < -0.3 is 4.74 Å². The molecule has 5 nitrogen and oxygen atoms in total. The van der Waals surface area contributed by atoms with Crippen LogP contribution in [0.15, 0.2) is 0 Å². The van der Waals surface area contributed by atoms with Gasteiger partial charge in [-0.1, -0.05) is 0 Å². The van der Waals surface area contributed by atoms with Crippen molar-refractivity contribution in [1.29, 1.82) is 0 Å². The minimum Gasteiger partial charge on any atom is -0.369 e. The molecule has 84 valence electrons. The van der Waals surface area contributed by atoms with Gasteiger partial charge in [-0.25, -0.2) is 10.9 Å². The topological polar surface area (TPSA) is 75.9 Å². The van der Waals surface area contributed by atoms with Crippen LogP contribution in [0.3, 0.4) is 0 Å². The summed E-state index contributed by atoms with van der Waals surface area (Å²) in [5, 5.41) is 0.866. The lowest BCUT2D eigenvalue weighted by Gasteiger charge is -2.39. The minimum absolute atomic E-state index is 0.157. The van der Waals surface area contributed by atoms with Gasteiger partial charge in [0.2, 0.25) is 11.8 Å². The van der Waals surface area contributed by atoms with E-state index in [1.807, 2.05) is 0 Å². The zero-order valence-electron chi connectivity index (χ0n) is 8.58. The summed E-state index contributed by atoms with van der Waals surface area (Å²) < 4.78 is 5.67. The van der Waals surface area contributed by atoms with E-state index in [9.17, 15) is 9.59 Å². The number of ether oxygens (including phenoxy) is 1. The Morgan fingerprint density at radius 2 is 1.56 bits per heavy atom. The first-order valence-corrected chi connectivity index (χ1v) is 5.98. The monoisotopic (exact) mass is 220 g/mol. The summed E-state index contributed by atoms with van der Waals surface area (Å²) in [6.07, 6.45) is 1.72. The van der Waals surface area contributed by atoms with Crippen LogP contribution in [0.4, 0.5) is 0 Å². The third-order valence-corrected chi connectivity index (χ3v) is 5.46. The van der Waals surface area contributed by atoms with E-state index in [1.165, 1.54) is 6.42 Å². The van der Waals surface area contributed by atoms with Crippen molar-refractivity contribution >= 4 is 11.8 Å². The van der Waals surface area contributed by atoms with Crippen LogP contribution in [0.25, 0.3) is 0 Å². The van der Waals surface area contributed by atoms with Crippen LogP contribution in [0.1, 0.15) is 6.42 Å². The van der Waals surface area contributed by atoms with Gasteiger partial charge in [-0.3, -0.25) is 9.59 Å². The molecule has 16 heavy (non-hydrogen) atoms. The molecule has 0 unspecified atom stereocenters. The van der Waals surface area contributed by atoms with Gasteiger partial charge in [0.15, 0.2) is 0 Å². The number of rotatable bonds is 0. The van der Waals surface area contributed by atoms with Crippen LogP contribution < -0.4 is 5.84 Å². The molecule has 6 fully saturated rings. The molecule has 5 heteroatoms. The number of nitrogens with zero attached hydrogens (tertiary/aromatic N) is 1. The van der Waals surface area contributed by atoms with E-state index in [-0.39, 0.29) is 47.7 Å². The van der Waals surface area contributed by atoms with Gasteiger partial charge in [0.05, 0.1) is 24.0 Å². The Balaban J connectivity index is 1.70. The van der Waals surface area contributed by atoms with E-state index in [0.717, 1.165) is 5.01 Å². The Hall–Kier alpha value is -0.940. The first-order valence-electron chi connectivity index (χ1n) is 5.98. The second-order valence-corrected chi connectivity index (χ2v) is 5.88. The van der Waals surface area contributed by atoms with E-state index in [1.54, 1.807) is 0 Å². The molecule has 6 aliphatic rings. The van der Waals surface area contributed by atoms with Crippen LogP contribution in [-0.4, -0.2) is 29.0 Å². The Morgan fingerprint density at radius 1 is 1.06 bits per heavy atom. The molecule has 0 spiro atoms. The van der Waals surface area contributed by atoms with Crippen molar-refractivity contribution in [1.82, 2.24) is 5.01 Å². The molecule has 4 saturated carbocycles. The molecule has 2 heterocycles. The summed E-state index contributed by atoms with van der Waals surface area (Å²) in [5.74, 6) is 6.76. The van der Waals surface area contributed by atoms with Crippen LogP contribution >= 0.6 is 0 Å². The average Bonchev–Trinajstić information content (AvgIpc) is 3.13. The quantitative estimate of drug-likeness (QED) is 0.249. The molecule has 0 radical (unpaired) electrons. The second kappa shape index (κ2) is 2.07. The standard InChI is InChI=1S/C11H12N2O3/c12-13-10(14)6-4-2-1-3(2)5(7(6)11(13)15)9-8(4)16-9/h2-9H,1,12H2/t2-,3+,4-,5-,6-,7-,8-,9-/m1/s1. The van der Waals surface area contributed by atoms with Gasteiger partial charge in [0, 0.05) is 11.8 Å². The van der Waals surface area contributed by atoms with E-state index in [0.29, 0.717) is 11.8 Å². The smallest absolute Gasteiger partial charge is 0.247 e. The highest BCUT2D eigenvalue weighted by Gasteiger charge is 2.79. The number of nitrogens with two attached hydrogens (primary N) is 1. The number of imide groups is 1. The van der Waals surface area contributed by atoms with Crippen molar-refractivity contribution in [3.05, 3.63) is 0 Å². The molecule has 0 aromatic heterocycles. The number of carbonyl (C=O) groups is 2. The van der Waals surface area contributed by atoms with E-state index in [4.69, 9.17) is 10.6 Å². The van der Waals surface area contributed by atoms with Crippen molar-refractivity contribution in [2.75, 3.05) is 0 Å². The molecule has 2 aliphatic heterocycles. The van der Waals surface area contributed by atoms with Crippen molar-refractivity contribution in [2.24, 2.45) is 41.4 Å². The maximum Gasteiger partial charge on any atom is 0.247 e. The average molecular weight is 220 g/mol. The lowest BCUT2D eigenvalue weighted by atomic mass is 9.59. The molecular weight excluding hydrogens is 208 g/mol. The van der Waals surface area contributed by atoms with E-state index < -0.39 is 0 Å². The highest BCUT2D eigenvalue weighted by Crippen LogP contribution is 2.72. The lowest BCUT2D eigenvalue weighted by molar-refractivity contribution is -0.140. The Morgan fingerprint density at radius 3 is 2.06 bits per heavy atom. The highest BCUT2D eigenvalue weighted by atomic mass is 16.6. The predicted molar refractivity (Wildman–Crippen MR) is 50.3 cm³/mol. The van der Waals surface area contributed by atoms with Gasteiger partial charge in [-0.15, -0.1) is 0 Å². The summed E-state index contributed by atoms with van der Waals surface area (Å²) in [5.41, 5.74) is 0. The third-order valence-electron chi connectivity index (χ3n) is 5.46. The van der Waals surface area contributed by atoms with Crippen LogP contribution in [0, 0.1) is 35.5 Å². The molecule has 2 bridgehead atoms. The molecule has 0 aromatic carbocycles. The highest BCUT2D eigenvalue weighted by molar-refractivity contribution is 6.05. The van der Waals surface area contributed by atoms with Crippen molar-refractivity contribution in [2.45, 2.75) is 18.6 Å². The predicted octanol–water partition coefficient (Wildman–Crippen LogP) is -0.876. The van der Waals surface area contributed by atoms with Crippen molar-refractivity contribution in [3.63, 3.8) is 0 Å². The zero-order valence-corrected chi connectivity index (χ0v) is 8.58. The molecule has 2 N–H and O–H groups in total. The fraction of sp³-hybridized carbons (Fsp3) is 0.818. The molecule has 2 saturated heterocycles. The Bertz CT molecular complexity index is 395. The molecule has 2 amide bonds. The van der Waals surface area contributed by atoms with E-state index >= 15 is 0 Å². The van der Waals surface area contributed by atoms with Crippen LogP contribution in [0.2, 0.25) is 0 Å². The molecule has 6 rings (SSSR count). The molecular formula is C11H12N2O3. The normalized spacial score (nSPS) is 64.2. The number of hydrogen-bond donors (Lipinski definition) is 1. The van der Waals surface area contributed by atoms with Gasteiger partial charge >= 0.3 is 0 Å². The number of carbonyl (C=O) groups excluding carboxylic acids is 2. The zero-order chi connectivity index (χ0) is 10.8. The first kappa shape index (κ1) is 8.20. The van der Waals surface area contributed by atoms with Gasteiger partial charge in [0.25, 0.3) is 0 Å². The fourth-order valence-corrected chi connectivity index (χ4v) is 4.85. The van der Waals surface area contributed by atoms with Gasteiger partial charge in [-0.05, 0) is 18.3 Å². The van der Waals surface area contributed by atoms with Gasteiger partial charge in [0.1, 0.15) is 0 Å². The summed E-state index contributed by atoms with van der Waals surface area (Å²) in [4.78, 5) is 24.0. The minimum atomic E-state index is -0.163. The van der Waals surface area contributed by atoms with E-state index in [2.05, 4.69) is 0 Å². The number of epoxide rings is 1. The fourth-order valence-electron chi connectivity index (χ4n) is 4.85. The first-order chi connectivity index (χ1) is 7.70. The Labute approximate surface area is 91.9 Å². The van der Waals surface area contributed by atoms with Gasteiger partial charge in [-0.2, -0.15) is 0 Å². The second-order valence-electron chi connectivity index (χ2n) is 5.88. The number of amides is 2. The maximum absolute atomic E-state index is 12.0. The van der Waals surface area contributed by atoms with Crippen LogP contribution in [-0.2, 0) is 14.3 Å². The number of hydrogen-bond acceptors (Lipinski definition) is 4. The Kier molecular flexibility index (Phi) is 1.06. The molecule has 4 aliphatic carbocycles. The summed E-state index contributed by atoms with van der Waals surface area (Å²) in [6.45, 7) is 0. The lowest BCUT2D eigenvalue weighted by Crippen LogP contribution is -2.48. The summed E-state index contributed by atoms with van der Waals surface area (Å²) in [6, 6.07) is 0. The van der Waals surface area contributed by atoms with Crippen molar-refractivity contribution in [3.8, 4) is 0 Å².